The number of nitrogen functional groups attached to an aromatic ring is 1. The first-order valence-corrected chi connectivity index (χ1v) is 8.07. The molecule has 0 aliphatic heterocycles. The van der Waals surface area contributed by atoms with E-state index in [4.69, 9.17) is 5.73 Å². The maximum atomic E-state index is 5.85. The Labute approximate surface area is 144 Å². The number of hydrogen-bond donors (Lipinski definition) is 1. The lowest BCUT2D eigenvalue weighted by atomic mass is 9.92. The van der Waals surface area contributed by atoms with Crippen LogP contribution in [-0.2, 0) is 0 Å². The van der Waals surface area contributed by atoms with Crippen molar-refractivity contribution in [2.24, 2.45) is 4.99 Å². The minimum Gasteiger partial charge on any atom is -0.382 e. The van der Waals surface area contributed by atoms with Gasteiger partial charge in [-0.05, 0) is 32.3 Å². The highest BCUT2D eigenvalue weighted by Gasteiger charge is 2.09. The fourth-order valence-corrected chi connectivity index (χ4v) is 3.44. The number of rotatable bonds is 2. The number of benzene rings is 4. The average molecular weight is 322 g/mol. The Balaban J connectivity index is 1.78. The molecule has 118 valence electrons. The number of hydrogen-bond acceptors (Lipinski definition) is 4. The Morgan fingerprint density at radius 2 is 1.56 bits per heavy atom. The number of aliphatic imine (C=N–C) groups is 1. The van der Waals surface area contributed by atoms with E-state index in [1.807, 2.05) is 6.21 Å². The van der Waals surface area contributed by atoms with Gasteiger partial charge in [0.15, 0.2) is 5.82 Å². The van der Waals surface area contributed by atoms with E-state index in [0.717, 1.165) is 5.56 Å². The normalized spacial score (nSPS) is 12.0. The molecule has 0 saturated carbocycles. The van der Waals surface area contributed by atoms with Gasteiger partial charge >= 0.3 is 0 Å². The lowest BCUT2D eigenvalue weighted by Gasteiger charge is -2.12. The van der Waals surface area contributed by atoms with E-state index in [-0.39, 0.29) is 0 Å². The second-order valence-corrected chi connectivity index (χ2v) is 6.06. The van der Waals surface area contributed by atoms with Crippen molar-refractivity contribution in [1.82, 2.24) is 9.97 Å². The Morgan fingerprint density at radius 1 is 0.840 bits per heavy atom. The van der Waals surface area contributed by atoms with Gasteiger partial charge in [0, 0.05) is 11.8 Å². The number of nitrogens with zero attached hydrogens (tertiary/aromatic N) is 3. The van der Waals surface area contributed by atoms with E-state index in [0.29, 0.717) is 11.5 Å². The summed E-state index contributed by atoms with van der Waals surface area (Å²) in [6, 6.07) is 19.3. The van der Waals surface area contributed by atoms with Crippen LogP contribution in [0.15, 0.2) is 72.1 Å². The molecule has 25 heavy (non-hydrogen) atoms. The molecule has 0 aliphatic rings. The minimum atomic E-state index is 0.379. The standard InChI is InChI=1S/C21H14N4/c22-21-18(11-23-12-25-21)24-10-16-7-6-15-5-4-13-2-1-3-14-8-9-17(16)20(15)19(13)14/h1-12H,(H2,22,23,25). The van der Waals surface area contributed by atoms with Crippen molar-refractivity contribution in [3.05, 3.63) is 72.7 Å². The van der Waals surface area contributed by atoms with Crippen LogP contribution in [0.3, 0.4) is 0 Å². The Kier molecular flexibility index (Phi) is 2.91. The lowest BCUT2D eigenvalue weighted by molar-refractivity contribution is 1.17. The topological polar surface area (TPSA) is 64.2 Å². The van der Waals surface area contributed by atoms with Gasteiger partial charge in [-0.25, -0.2) is 9.97 Å². The largest absolute Gasteiger partial charge is 0.382 e. The summed E-state index contributed by atoms with van der Waals surface area (Å²) < 4.78 is 0. The molecule has 0 saturated heterocycles. The third-order valence-corrected chi connectivity index (χ3v) is 4.63. The van der Waals surface area contributed by atoms with Gasteiger partial charge in [0.25, 0.3) is 0 Å². The molecule has 4 aromatic carbocycles. The molecule has 0 aliphatic carbocycles. The highest BCUT2D eigenvalue weighted by atomic mass is 14.9. The molecule has 1 aromatic heterocycles. The first-order valence-electron chi connectivity index (χ1n) is 8.07. The molecular weight excluding hydrogens is 308 g/mol. The SMILES string of the molecule is Nc1ncncc1N=Cc1ccc2ccc3cccc4ccc1c2c34. The summed E-state index contributed by atoms with van der Waals surface area (Å²) in [4.78, 5) is 12.4. The summed E-state index contributed by atoms with van der Waals surface area (Å²) in [7, 11) is 0. The minimum absolute atomic E-state index is 0.379. The predicted molar refractivity (Wildman–Crippen MR) is 104 cm³/mol. The molecule has 0 unspecified atom stereocenters. The Hall–Kier alpha value is -3.53. The molecule has 0 bridgehead atoms. The van der Waals surface area contributed by atoms with Crippen LogP contribution in [0.5, 0.6) is 0 Å². The molecule has 0 atom stereocenters. The number of anilines is 1. The van der Waals surface area contributed by atoms with Crippen LogP contribution in [0.2, 0.25) is 0 Å². The summed E-state index contributed by atoms with van der Waals surface area (Å²) >= 11 is 0. The van der Waals surface area contributed by atoms with Crippen molar-refractivity contribution in [2.45, 2.75) is 0 Å². The zero-order valence-electron chi connectivity index (χ0n) is 13.3. The Bertz CT molecular complexity index is 1240. The van der Waals surface area contributed by atoms with Crippen molar-refractivity contribution >= 4 is 50.0 Å². The molecule has 0 radical (unpaired) electrons. The van der Waals surface area contributed by atoms with E-state index in [1.54, 1.807) is 6.20 Å². The van der Waals surface area contributed by atoms with Crippen molar-refractivity contribution in [3.63, 3.8) is 0 Å². The predicted octanol–water partition coefficient (Wildman–Crippen LogP) is 4.71. The smallest absolute Gasteiger partial charge is 0.152 e. The third-order valence-electron chi connectivity index (χ3n) is 4.63. The van der Waals surface area contributed by atoms with Crippen LogP contribution in [-0.4, -0.2) is 16.2 Å². The molecular formula is C21H14N4. The summed E-state index contributed by atoms with van der Waals surface area (Å²) in [5, 5.41) is 7.50. The van der Waals surface area contributed by atoms with Crippen LogP contribution >= 0.6 is 0 Å². The molecule has 4 heteroatoms. The van der Waals surface area contributed by atoms with Gasteiger partial charge < -0.3 is 5.73 Å². The zero-order valence-corrected chi connectivity index (χ0v) is 13.3. The molecule has 0 fully saturated rings. The highest BCUT2D eigenvalue weighted by Crippen LogP contribution is 2.35. The first kappa shape index (κ1) is 13.9. The summed E-state index contributed by atoms with van der Waals surface area (Å²) in [5.74, 6) is 0.379. The fraction of sp³-hybridized carbons (Fsp3) is 0. The van der Waals surface area contributed by atoms with Crippen molar-refractivity contribution in [2.75, 3.05) is 5.73 Å². The van der Waals surface area contributed by atoms with Crippen LogP contribution in [0.1, 0.15) is 5.56 Å². The van der Waals surface area contributed by atoms with Crippen LogP contribution in [0.4, 0.5) is 11.5 Å². The maximum Gasteiger partial charge on any atom is 0.152 e. The Morgan fingerprint density at radius 3 is 2.36 bits per heavy atom. The van der Waals surface area contributed by atoms with E-state index >= 15 is 0 Å². The van der Waals surface area contributed by atoms with Gasteiger partial charge in [0.1, 0.15) is 12.0 Å². The molecule has 1 heterocycles. The molecule has 0 spiro atoms. The van der Waals surface area contributed by atoms with E-state index in [1.165, 1.54) is 38.6 Å². The average Bonchev–Trinajstić information content (AvgIpc) is 2.66. The molecule has 2 N–H and O–H groups in total. The first-order chi connectivity index (χ1) is 12.3. The van der Waals surface area contributed by atoms with Gasteiger partial charge in [0.05, 0.1) is 6.20 Å². The van der Waals surface area contributed by atoms with Gasteiger partial charge in [-0.15, -0.1) is 0 Å². The molecule has 5 rings (SSSR count). The highest BCUT2D eigenvalue weighted by molar-refractivity contribution is 6.25. The number of nitrogens with two attached hydrogens (primary N) is 1. The van der Waals surface area contributed by atoms with Gasteiger partial charge in [-0.2, -0.15) is 0 Å². The van der Waals surface area contributed by atoms with Crippen molar-refractivity contribution < 1.29 is 0 Å². The third kappa shape index (κ3) is 2.11. The molecule has 5 aromatic rings. The zero-order chi connectivity index (χ0) is 16.8. The van der Waals surface area contributed by atoms with Crippen LogP contribution in [0, 0.1) is 0 Å². The van der Waals surface area contributed by atoms with Crippen molar-refractivity contribution in [3.8, 4) is 0 Å². The monoisotopic (exact) mass is 322 g/mol. The summed E-state index contributed by atoms with van der Waals surface area (Å²) in [6.07, 6.45) is 4.88. The summed E-state index contributed by atoms with van der Waals surface area (Å²) in [6.45, 7) is 0. The van der Waals surface area contributed by atoms with Gasteiger partial charge in [-0.1, -0.05) is 54.6 Å². The maximum absolute atomic E-state index is 5.85. The van der Waals surface area contributed by atoms with Crippen LogP contribution in [0.25, 0.3) is 32.3 Å². The second kappa shape index (κ2) is 5.24. The van der Waals surface area contributed by atoms with E-state index in [2.05, 4.69) is 69.6 Å². The van der Waals surface area contributed by atoms with E-state index in [9.17, 15) is 0 Å². The lowest BCUT2D eigenvalue weighted by Crippen LogP contribution is -1.92. The van der Waals surface area contributed by atoms with Crippen LogP contribution < -0.4 is 5.73 Å². The fourth-order valence-electron chi connectivity index (χ4n) is 3.44. The molecule has 4 nitrogen and oxygen atoms in total. The quantitative estimate of drug-likeness (QED) is 0.378. The number of aromatic nitrogens is 2. The second-order valence-electron chi connectivity index (χ2n) is 6.06. The molecule has 0 amide bonds. The van der Waals surface area contributed by atoms with E-state index < -0.39 is 0 Å². The van der Waals surface area contributed by atoms with Gasteiger partial charge in [0.2, 0.25) is 0 Å². The summed E-state index contributed by atoms with van der Waals surface area (Å²) in [5.41, 5.74) is 7.48. The van der Waals surface area contributed by atoms with Crippen molar-refractivity contribution in [1.29, 1.82) is 0 Å². The van der Waals surface area contributed by atoms with Gasteiger partial charge in [-0.3, -0.25) is 4.99 Å².